The van der Waals surface area contributed by atoms with E-state index < -0.39 is 11.8 Å². The van der Waals surface area contributed by atoms with E-state index in [1.165, 1.54) is 22.9 Å². The topological polar surface area (TPSA) is 68.0 Å². The molecule has 0 radical (unpaired) electrons. The molecule has 0 aliphatic carbocycles. The highest BCUT2D eigenvalue weighted by Crippen LogP contribution is 2.20. The van der Waals surface area contributed by atoms with Crippen molar-refractivity contribution in [2.24, 2.45) is 0 Å². The molecule has 2 rings (SSSR count). The Balaban J connectivity index is 2.42. The number of aromatic nitrogens is 3. The summed E-state index contributed by atoms with van der Waals surface area (Å²) in [4.78, 5) is 10.6. The molecule has 18 heavy (non-hydrogen) atoms. The van der Waals surface area contributed by atoms with Gasteiger partial charge in [-0.1, -0.05) is 16.8 Å². The van der Waals surface area contributed by atoms with E-state index in [0.717, 1.165) is 0 Å². The van der Waals surface area contributed by atoms with Crippen LogP contribution in [-0.4, -0.2) is 26.1 Å². The van der Waals surface area contributed by atoms with Crippen molar-refractivity contribution in [3.05, 3.63) is 40.4 Å². The Labute approximate surface area is 107 Å². The number of hydrogen-bond acceptors (Lipinski definition) is 3. The average molecular weight is 270 g/mol. The molecule has 0 amide bonds. The Morgan fingerprint density at radius 2 is 2.28 bits per heavy atom. The molecule has 0 saturated heterocycles. The van der Waals surface area contributed by atoms with Crippen molar-refractivity contribution in [3.8, 4) is 5.69 Å². The van der Waals surface area contributed by atoms with Crippen LogP contribution in [0.25, 0.3) is 5.69 Å². The van der Waals surface area contributed by atoms with Gasteiger partial charge in [-0.2, -0.15) is 0 Å². The van der Waals surface area contributed by atoms with Crippen LogP contribution in [0.5, 0.6) is 0 Å². The summed E-state index contributed by atoms with van der Waals surface area (Å²) >= 11 is 5.68. The molecule has 0 unspecified atom stereocenters. The maximum atomic E-state index is 13.0. The molecule has 0 saturated carbocycles. The number of rotatable bonds is 3. The van der Waals surface area contributed by atoms with Gasteiger partial charge >= 0.3 is 5.97 Å². The van der Waals surface area contributed by atoms with E-state index in [9.17, 15) is 9.18 Å². The second-order valence-corrected chi connectivity index (χ2v) is 4.11. The van der Waals surface area contributed by atoms with Gasteiger partial charge in [0.05, 0.1) is 28.5 Å². The van der Waals surface area contributed by atoms with Gasteiger partial charge < -0.3 is 5.11 Å². The minimum atomic E-state index is -0.984. The number of carboxylic acid groups (broad SMARTS) is 1. The zero-order valence-electron chi connectivity index (χ0n) is 9.39. The maximum Gasteiger partial charge on any atom is 0.309 e. The number of benzene rings is 1. The summed E-state index contributed by atoms with van der Waals surface area (Å²) in [5, 5.41) is 16.3. The molecule has 5 nitrogen and oxygen atoms in total. The Bertz CT molecular complexity index is 612. The first-order valence-corrected chi connectivity index (χ1v) is 5.45. The van der Waals surface area contributed by atoms with E-state index in [4.69, 9.17) is 16.7 Å². The molecule has 0 bridgehead atoms. The average Bonchev–Trinajstić information content (AvgIpc) is 2.64. The van der Waals surface area contributed by atoms with Crippen LogP contribution in [0, 0.1) is 12.7 Å². The molecule has 1 heterocycles. The summed E-state index contributed by atoms with van der Waals surface area (Å²) in [7, 11) is 0. The smallest absolute Gasteiger partial charge is 0.309 e. The van der Waals surface area contributed by atoms with Crippen molar-refractivity contribution in [1.82, 2.24) is 15.0 Å². The highest BCUT2D eigenvalue weighted by atomic mass is 35.5. The van der Waals surface area contributed by atoms with Crippen molar-refractivity contribution in [2.75, 3.05) is 0 Å². The molecule has 0 aliphatic rings. The number of nitrogens with zero attached hydrogens (tertiary/aromatic N) is 3. The largest absolute Gasteiger partial charge is 0.481 e. The van der Waals surface area contributed by atoms with Crippen LogP contribution in [0.15, 0.2) is 18.2 Å². The van der Waals surface area contributed by atoms with Gasteiger partial charge in [0, 0.05) is 0 Å². The molecule has 2 aromatic rings. The summed E-state index contributed by atoms with van der Waals surface area (Å²) in [6.07, 6.45) is -0.208. The lowest BCUT2D eigenvalue weighted by Crippen LogP contribution is -2.03. The minimum absolute atomic E-state index is 0.0258. The number of carbonyl (C=O) groups is 1. The fourth-order valence-corrected chi connectivity index (χ4v) is 1.70. The van der Waals surface area contributed by atoms with Crippen molar-refractivity contribution in [3.63, 3.8) is 0 Å². The normalized spacial score (nSPS) is 10.6. The van der Waals surface area contributed by atoms with Crippen molar-refractivity contribution in [1.29, 1.82) is 0 Å². The van der Waals surface area contributed by atoms with E-state index in [0.29, 0.717) is 17.1 Å². The van der Waals surface area contributed by atoms with Gasteiger partial charge in [-0.15, -0.1) is 5.10 Å². The van der Waals surface area contributed by atoms with Crippen LogP contribution in [0.3, 0.4) is 0 Å². The third-order valence-corrected chi connectivity index (χ3v) is 2.75. The van der Waals surface area contributed by atoms with E-state index in [-0.39, 0.29) is 11.4 Å². The molecule has 1 N–H and O–H groups in total. The molecule has 0 atom stereocenters. The Hall–Kier alpha value is -1.95. The van der Waals surface area contributed by atoms with Gasteiger partial charge in [0.2, 0.25) is 0 Å². The molecule has 7 heteroatoms. The van der Waals surface area contributed by atoms with Gasteiger partial charge in [0.1, 0.15) is 5.82 Å². The Morgan fingerprint density at radius 3 is 2.89 bits per heavy atom. The predicted octanol–water partition coefficient (Wildman–Crippen LogP) is 2.00. The first kappa shape index (κ1) is 12.5. The molecule has 0 aliphatic heterocycles. The Morgan fingerprint density at radius 1 is 1.56 bits per heavy atom. The standard InChI is InChI=1S/C11H9ClFN3O2/c1-6-10(5-11(17)18)14-15-16(6)7-2-3-9(13)8(12)4-7/h2-4H,5H2,1H3,(H,17,18). The summed E-state index contributed by atoms with van der Waals surface area (Å²) in [6.45, 7) is 1.69. The van der Waals surface area contributed by atoms with E-state index in [1.807, 2.05) is 0 Å². The van der Waals surface area contributed by atoms with Gasteiger partial charge in [0.25, 0.3) is 0 Å². The van der Waals surface area contributed by atoms with Gasteiger partial charge in [-0.25, -0.2) is 9.07 Å². The molecule has 1 aromatic carbocycles. The zero-order chi connectivity index (χ0) is 13.3. The number of aliphatic carboxylic acids is 1. The second kappa shape index (κ2) is 4.73. The fourth-order valence-electron chi connectivity index (χ4n) is 1.53. The van der Waals surface area contributed by atoms with E-state index in [1.54, 1.807) is 6.92 Å². The lowest BCUT2D eigenvalue weighted by molar-refractivity contribution is -0.136. The predicted molar refractivity (Wildman–Crippen MR) is 62.4 cm³/mol. The quantitative estimate of drug-likeness (QED) is 0.925. The molecule has 1 aromatic heterocycles. The number of halogens is 2. The summed E-state index contributed by atoms with van der Waals surface area (Å²) in [5.41, 5.74) is 1.48. The van der Waals surface area contributed by atoms with Gasteiger partial charge in [0.15, 0.2) is 0 Å². The first-order valence-electron chi connectivity index (χ1n) is 5.07. The summed E-state index contributed by atoms with van der Waals surface area (Å²) in [6, 6.07) is 4.12. The van der Waals surface area contributed by atoms with Crippen molar-refractivity contribution < 1.29 is 14.3 Å². The summed E-state index contributed by atoms with van der Waals surface area (Å²) in [5.74, 6) is -1.51. The maximum absolute atomic E-state index is 13.0. The van der Waals surface area contributed by atoms with Crippen LogP contribution in [-0.2, 0) is 11.2 Å². The molecule has 0 fully saturated rings. The van der Waals surface area contributed by atoms with Crippen LogP contribution in [0.1, 0.15) is 11.4 Å². The minimum Gasteiger partial charge on any atom is -0.481 e. The lowest BCUT2D eigenvalue weighted by atomic mass is 10.2. The number of carboxylic acids is 1. The first-order chi connectivity index (χ1) is 8.49. The van der Waals surface area contributed by atoms with Gasteiger partial charge in [-0.3, -0.25) is 4.79 Å². The number of hydrogen-bond donors (Lipinski definition) is 1. The van der Waals surface area contributed by atoms with Crippen LogP contribution in [0.2, 0.25) is 5.02 Å². The highest BCUT2D eigenvalue weighted by Gasteiger charge is 2.13. The highest BCUT2D eigenvalue weighted by molar-refractivity contribution is 6.30. The Kier molecular flexibility index (Phi) is 3.29. The van der Waals surface area contributed by atoms with Crippen molar-refractivity contribution in [2.45, 2.75) is 13.3 Å². The van der Waals surface area contributed by atoms with E-state index in [2.05, 4.69) is 10.3 Å². The second-order valence-electron chi connectivity index (χ2n) is 3.70. The molecular weight excluding hydrogens is 261 g/mol. The van der Waals surface area contributed by atoms with Crippen LogP contribution < -0.4 is 0 Å². The van der Waals surface area contributed by atoms with Crippen LogP contribution in [0.4, 0.5) is 4.39 Å². The van der Waals surface area contributed by atoms with Crippen molar-refractivity contribution >= 4 is 17.6 Å². The van der Waals surface area contributed by atoms with Gasteiger partial charge in [-0.05, 0) is 25.1 Å². The van der Waals surface area contributed by atoms with E-state index >= 15 is 0 Å². The third kappa shape index (κ3) is 2.33. The third-order valence-electron chi connectivity index (χ3n) is 2.46. The molecule has 94 valence electrons. The van der Waals surface area contributed by atoms with Crippen LogP contribution >= 0.6 is 11.6 Å². The molecular formula is C11H9ClFN3O2. The lowest BCUT2D eigenvalue weighted by Gasteiger charge is -2.04. The summed E-state index contributed by atoms with van der Waals surface area (Å²) < 4.78 is 14.5. The monoisotopic (exact) mass is 269 g/mol. The zero-order valence-corrected chi connectivity index (χ0v) is 10.1. The SMILES string of the molecule is Cc1c(CC(=O)O)nnn1-c1ccc(F)c(Cl)c1. The molecule has 0 spiro atoms. The fraction of sp³-hybridized carbons (Fsp3) is 0.182.